The Bertz CT molecular complexity index is 354. The first-order chi connectivity index (χ1) is 7.52. The molecule has 0 aliphatic rings. The van der Waals surface area contributed by atoms with E-state index in [0.717, 1.165) is 23.2 Å². The van der Waals surface area contributed by atoms with E-state index in [-0.39, 0.29) is 24.0 Å². The third-order valence-electron chi connectivity index (χ3n) is 2.13. The predicted molar refractivity (Wildman–Crippen MR) is 85.5 cm³/mol. The van der Waals surface area contributed by atoms with Crippen LogP contribution in [0.1, 0.15) is 29.4 Å². The second kappa shape index (κ2) is 7.86. The molecule has 0 bridgehead atoms. The fourth-order valence-electron chi connectivity index (χ4n) is 1.24. The molecule has 1 aromatic rings. The second-order valence-electron chi connectivity index (χ2n) is 3.97. The number of aryl methyl sites for hydroxylation is 2. The maximum absolute atomic E-state index is 4.47. The van der Waals surface area contributed by atoms with E-state index >= 15 is 0 Å². The van der Waals surface area contributed by atoms with Crippen LogP contribution in [0.25, 0.3) is 0 Å². The molecule has 2 N–H and O–H groups in total. The third kappa shape index (κ3) is 5.67. The topological polar surface area (TPSA) is 49.3 Å². The van der Waals surface area contributed by atoms with E-state index < -0.39 is 0 Å². The first kappa shape index (κ1) is 16.6. The summed E-state index contributed by atoms with van der Waals surface area (Å²) in [5.41, 5.74) is 1.12. The highest BCUT2D eigenvalue weighted by molar-refractivity contribution is 14.0. The number of hydrogen-bond acceptors (Lipinski definition) is 3. The average Bonchev–Trinajstić information content (AvgIpc) is 2.53. The molecular formula is C11H21IN4S. The van der Waals surface area contributed by atoms with Crippen LogP contribution in [-0.4, -0.2) is 24.0 Å². The number of guanidine groups is 1. The van der Waals surface area contributed by atoms with Gasteiger partial charge < -0.3 is 10.6 Å². The summed E-state index contributed by atoms with van der Waals surface area (Å²) in [6, 6.07) is 0.381. The lowest BCUT2D eigenvalue weighted by atomic mass is 10.4. The van der Waals surface area contributed by atoms with E-state index in [0.29, 0.717) is 6.04 Å². The quantitative estimate of drug-likeness (QED) is 0.490. The molecule has 4 nitrogen and oxygen atoms in total. The summed E-state index contributed by atoms with van der Waals surface area (Å²) >= 11 is 1.73. The van der Waals surface area contributed by atoms with Gasteiger partial charge in [0.2, 0.25) is 0 Å². The van der Waals surface area contributed by atoms with Crippen molar-refractivity contribution in [1.82, 2.24) is 15.6 Å². The number of halogens is 1. The van der Waals surface area contributed by atoms with Crippen molar-refractivity contribution in [2.75, 3.05) is 7.05 Å². The molecule has 0 unspecified atom stereocenters. The molecule has 98 valence electrons. The van der Waals surface area contributed by atoms with E-state index in [9.17, 15) is 0 Å². The van der Waals surface area contributed by atoms with Gasteiger partial charge in [-0.15, -0.1) is 35.3 Å². The van der Waals surface area contributed by atoms with Gasteiger partial charge >= 0.3 is 0 Å². The normalized spacial score (nSPS) is 11.3. The zero-order valence-electron chi connectivity index (χ0n) is 11.0. The molecular weight excluding hydrogens is 347 g/mol. The van der Waals surface area contributed by atoms with Gasteiger partial charge in [0.25, 0.3) is 0 Å². The number of hydrogen-bond donors (Lipinski definition) is 2. The van der Waals surface area contributed by atoms with Crippen molar-refractivity contribution >= 4 is 41.3 Å². The number of aromatic nitrogens is 1. The number of thiazole rings is 1. The first-order valence-electron chi connectivity index (χ1n) is 5.43. The van der Waals surface area contributed by atoms with Crippen molar-refractivity contribution in [3.8, 4) is 0 Å². The number of nitrogens with zero attached hydrogens (tertiary/aromatic N) is 2. The third-order valence-corrected chi connectivity index (χ3v) is 3.20. The van der Waals surface area contributed by atoms with Gasteiger partial charge in [-0.2, -0.15) is 0 Å². The van der Waals surface area contributed by atoms with Gasteiger partial charge in [-0.3, -0.25) is 4.99 Å². The summed E-state index contributed by atoms with van der Waals surface area (Å²) in [4.78, 5) is 9.89. The molecule has 1 heterocycles. The van der Waals surface area contributed by atoms with Crippen LogP contribution in [0.15, 0.2) is 4.99 Å². The summed E-state index contributed by atoms with van der Waals surface area (Å²) in [7, 11) is 1.77. The zero-order valence-corrected chi connectivity index (χ0v) is 14.1. The van der Waals surface area contributed by atoms with E-state index in [2.05, 4.69) is 41.4 Å². The number of rotatable bonds is 3. The summed E-state index contributed by atoms with van der Waals surface area (Å²) < 4.78 is 0. The molecule has 0 spiro atoms. The fourth-order valence-corrected chi connectivity index (χ4v) is 2.12. The Balaban J connectivity index is 0.00000256. The highest BCUT2D eigenvalue weighted by atomic mass is 127. The smallest absolute Gasteiger partial charge is 0.191 e. The standard InChI is InChI=1S/C11H20N4S.HI/c1-7(2)14-11(12-5)13-6-10-15-8(3)9(4)16-10;/h7H,6H2,1-5H3,(H2,12,13,14);1H. The Labute approximate surface area is 124 Å². The minimum absolute atomic E-state index is 0. The van der Waals surface area contributed by atoms with Crippen molar-refractivity contribution in [3.05, 3.63) is 15.6 Å². The van der Waals surface area contributed by atoms with Gasteiger partial charge in [0.1, 0.15) is 5.01 Å². The molecule has 0 aliphatic carbocycles. The van der Waals surface area contributed by atoms with Gasteiger partial charge in [-0.25, -0.2) is 4.98 Å². The SMILES string of the molecule is CN=C(NCc1nc(C)c(C)s1)NC(C)C.I. The molecule has 0 atom stereocenters. The van der Waals surface area contributed by atoms with E-state index in [4.69, 9.17) is 0 Å². The minimum Gasteiger partial charge on any atom is -0.354 e. The van der Waals surface area contributed by atoms with Crippen molar-refractivity contribution in [3.63, 3.8) is 0 Å². The minimum atomic E-state index is 0. The van der Waals surface area contributed by atoms with Crippen LogP contribution < -0.4 is 10.6 Å². The lowest BCUT2D eigenvalue weighted by Crippen LogP contribution is -2.40. The van der Waals surface area contributed by atoms with Crippen molar-refractivity contribution in [2.45, 2.75) is 40.3 Å². The Morgan fingerprint density at radius 1 is 1.41 bits per heavy atom. The highest BCUT2D eigenvalue weighted by Gasteiger charge is 2.05. The molecule has 0 saturated carbocycles. The Hall–Kier alpha value is -0.370. The Morgan fingerprint density at radius 3 is 2.47 bits per heavy atom. The van der Waals surface area contributed by atoms with Gasteiger partial charge in [0.15, 0.2) is 5.96 Å². The first-order valence-corrected chi connectivity index (χ1v) is 6.24. The molecule has 1 rings (SSSR count). The van der Waals surface area contributed by atoms with Crippen LogP contribution >= 0.6 is 35.3 Å². The van der Waals surface area contributed by atoms with Crippen LogP contribution in [0.3, 0.4) is 0 Å². The lowest BCUT2D eigenvalue weighted by molar-refractivity contribution is 0.698. The summed E-state index contributed by atoms with van der Waals surface area (Å²) in [6.07, 6.45) is 0. The van der Waals surface area contributed by atoms with Crippen molar-refractivity contribution in [1.29, 1.82) is 0 Å². The molecule has 17 heavy (non-hydrogen) atoms. The molecule has 0 aromatic carbocycles. The van der Waals surface area contributed by atoms with E-state index in [1.54, 1.807) is 18.4 Å². The van der Waals surface area contributed by atoms with Gasteiger partial charge in [-0.05, 0) is 27.7 Å². The van der Waals surface area contributed by atoms with Gasteiger partial charge in [-0.1, -0.05) is 0 Å². The zero-order chi connectivity index (χ0) is 12.1. The van der Waals surface area contributed by atoms with Gasteiger partial charge in [0, 0.05) is 18.0 Å². The summed E-state index contributed by atoms with van der Waals surface area (Å²) in [5.74, 6) is 0.820. The highest BCUT2D eigenvalue weighted by Crippen LogP contribution is 2.15. The molecule has 0 aliphatic heterocycles. The summed E-state index contributed by atoms with van der Waals surface area (Å²) in [6.45, 7) is 9.04. The van der Waals surface area contributed by atoms with Crippen LogP contribution in [0.2, 0.25) is 0 Å². The molecule has 0 amide bonds. The van der Waals surface area contributed by atoms with Crippen LogP contribution in [0.5, 0.6) is 0 Å². The lowest BCUT2D eigenvalue weighted by Gasteiger charge is -2.13. The van der Waals surface area contributed by atoms with Crippen LogP contribution in [-0.2, 0) is 6.54 Å². The maximum atomic E-state index is 4.47. The second-order valence-corrected chi connectivity index (χ2v) is 5.26. The monoisotopic (exact) mass is 368 g/mol. The average molecular weight is 368 g/mol. The van der Waals surface area contributed by atoms with Crippen LogP contribution in [0, 0.1) is 13.8 Å². The predicted octanol–water partition coefficient (Wildman–Crippen LogP) is 2.45. The Morgan fingerprint density at radius 2 is 2.06 bits per heavy atom. The molecule has 6 heteroatoms. The van der Waals surface area contributed by atoms with E-state index in [1.165, 1.54) is 4.88 Å². The Kier molecular flexibility index (Phi) is 7.69. The fraction of sp³-hybridized carbons (Fsp3) is 0.636. The van der Waals surface area contributed by atoms with Crippen molar-refractivity contribution < 1.29 is 0 Å². The van der Waals surface area contributed by atoms with Crippen molar-refractivity contribution in [2.24, 2.45) is 4.99 Å². The van der Waals surface area contributed by atoms with Crippen LogP contribution in [0.4, 0.5) is 0 Å². The van der Waals surface area contributed by atoms with Gasteiger partial charge in [0.05, 0.1) is 12.2 Å². The number of nitrogens with one attached hydrogen (secondary N) is 2. The largest absolute Gasteiger partial charge is 0.354 e. The number of aliphatic imine (C=N–C) groups is 1. The molecule has 1 aromatic heterocycles. The van der Waals surface area contributed by atoms with E-state index in [1.807, 2.05) is 6.92 Å². The summed E-state index contributed by atoms with van der Waals surface area (Å²) in [5, 5.41) is 7.58. The molecule has 0 radical (unpaired) electrons. The molecule has 0 fully saturated rings. The maximum Gasteiger partial charge on any atom is 0.191 e. The molecule has 0 saturated heterocycles.